The maximum atomic E-state index is 11.8. The highest BCUT2D eigenvalue weighted by molar-refractivity contribution is 5.92. The topological polar surface area (TPSA) is 137 Å². The smallest absolute Gasteiger partial charge is 0.186 e. The summed E-state index contributed by atoms with van der Waals surface area (Å²) < 4.78 is 11.1. The molecule has 1 saturated heterocycles. The zero-order chi connectivity index (χ0) is 20.4. The Balaban J connectivity index is 1.96. The van der Waals surface area contributed by atoms with E-state index in [-0.39, 0.29) is 29.8 Å². The van der Waals surface area contributed by atoms with E-state index in [1.54, 1.807) is 6.92 Å². The SMILES string of the molecule is CC(CCC1C(CO)=CC(=O)CC1(C)C)O[C@@H]1O[C@H](CO)[C@@H](O)[C@H](O)[C@H]1O. The molecule has 1 aliphatic heterocycles. The van der Waals surface area contributed by atoms with Crippen molar-refractivity contribution >= 4 is 5.78 Å². The van der Waals surface area contributed by atoms with Gasteiger partial charge in [-0.25, -0.2) is 0 Å². The minimum atomic E-state index is -1.47. The molecule has 2 aliphatic rings. The van der Waals surface area contributed by atoms with Crippen LogP contribution in [-0.2, 0) is 14.3 Å². The van der Waals surface area contributed by atoms with Crippen molar-refractivity contribution in [2.75, 3.05) is 13.2 Å². The second-order valence-electron chi connectivity index (χ2n) is 8.28. The lowest BCUT2D eigenvalue weighted by atomic mass is 9.66. The lowest BCUT2D eigenvalue weighted by Gasteiger charge is -2.41. The predicted octanol–water partition coefficient (Wildman–Crippen LogP) is -0.494. The van der Waals surface area contributed by atoms with Gasteiger partial charge in [0.2, 0.25) is 0 Å². The predicted molar refractivity (Wildman–Crippen MR) is 95.6 cm³/mol. The summed E-state index contributed by atoms with van der Waals surface area (Å²) in [6.45, 7) is 5.13. The Morgan fingerprint density at radius 2 is 1.89 bits per heavy atom. The number of hydrogen-bond donors (Lipinski definition) is 5. The molecule has 5 N–H and O–H groups in total. The van der Waals surface area contributed by atoms with E-state index >= 15 is 0 Å². The summed E-state index contributed by atoms with van der Waals surface area (Å²) >= 11 is 0. The summed E-state index contributed by atoms with van der Waals surface area (Å²) in [5.41, 5.74) is 0.448. The second kappa shape index (κ2) is 9.09. The molecule has 1 aliphatic carbocycles. The van der Waals surface area contributed by atoms with E-state index in [1.165, 1.54) is 6.08 Å². The third-order valence-corrected chi connectivity index (χ3v) is 5.63. The monoisotopic (exact) mass is 388 g/mol. The van der Waals surface area contributed by atoms with E-state index in [0.29, 0.717) is 19.3 Å². The van der Waals surface area contributed by atoms with Crippen LogP contribution in [0.4, 0.5) is 0 Å². The average molecular weight is 388 g/mol. The van der Waals surface area contributed by atoms with E-state index in [1.807, 2.05) is 13.8 Å². The molecule has 1 fully saturated rings. The van der Waals surface area contributed by atoms with Gasteiger partial charge in [-0.3, -0.25) is 4.79 Å². The fourth-order valence-corrected chi connectivity index (χ4v) is 4.04. The van der Waals surface area contributed by atoms with Crippen molar-refractivity contribution in [3.8, 4) is 0 Å². The van der Waals surface area contributed by atoms with E-state index in [9.17, 15) is 30.3 Å². The largest absolute Gasteiger partial charge is 0.394 e. The molecular formula is C19H32O8. The highest BCUT2D eigenvalue weighted by atomic mass is 16.7. The minimum Gasteiger partial charge on any atom is -0.394 e. The molecule has 156 valence electrons. The van der Waals surface area contributed by atoms with Crippen molar-refractivity contribution < 1.29 is 39.8 Å². The summed E-state index contributed by atoms with van der Waals surface area (Å²) in [5.74, 6) is 0.0481. The second-order valence-corrected chi connectivity index (χ2v) is 8.28. The summed E-state index contributed by atoms with van der Waals surface area (Å²) in [4.78, 5) is 11.8. The molecule has 1 heterocycles. The summed E-state index contributed by atoms with van der Waals surface area (Å²) in [6, 6.07) is 0. The van der Waals surface area contributed by atoms with Crippen molar-refractivity contribution in [2.24, 2.45) is 11.3 Å². The highest BCUT2D eigenvalue weighted by Crippen LogP contribution is 2.42. The first-order chi connectivity index (χ1) is 12.6. The number of allylic oxidation sites excluding steroid dienone is 1. The van der Waals surface area contributed by atoms with Crippen molar-refractivity contribution in [3.05, 3.63) is 11.6 Å². The molecule has 0 aromatic rings. The normalized spacial score (nSPS) is 37.8. The lowest BCUT2D eigenvalue weighted by molar-refractivity contribution is -0.310. The van der Waals surface area contributed by atoms with Crippen LogP contribution in [0.2, 0.25) is 0 Å². The molecular weight excluding hydrogens is 356 g/mol. The van der Waals surface area contributed by atoms with E-state index in [4.69, 9.17) is 9.47 Å². The molecule has 27 heavy (non-hydrogen) atoms. The number of aliphatic hydroxyl groups excluding tert-OH is 5. The molecule has 0 bridgehead atoms. The van der Waals surface area contributed by atoms with E-state index < -0.39 is 37.3 Å². The molecule has 0 spiro atoms. The summed E-state index contributed by atoms with van der Waals surface area (Å²) in [5, 5.41) is 48.5. The first-order valence-corrected chi connectivity index (χ1v) is 9.40. The number of ether oxygens (including phenoxy) is 2. The van der Waals surface area contributed by atoms with Crippen LogP contribution in [-0.4, -0.2) is 81.3 Å². The molecule has 0 radical (unpaired) electrons. The van der Waals surface area contributed by atoms with Gasteiger partial charge in [0.1, 0.15) is 24.4 Å². The Bertz CT molecular complexity index is 544. The lowest BCUT2D eigenvalue weighted by Crippen LogP contribution is -2.59. The third-order valence-electron chi connectivity index (χ3n) is 5.63. The number of ketones is 1. The number of rotatable bonds is 7. The Morgan fingerprint density at radius 1 is 1.22 bits per heavy atom. The zero-order valence-electron chi connectivity index (χ0n) is 16.1. The fraction of sp³-hybridized carbons (Fsp3) is 0.842. The van der Waals surface area contributed by atoms with Crippen LogP contribution >= 0.6 is 0 Å². The maximum Gasteiger partial charge on any atom is 0.186 e. The van der Waals surface area contributed by atoms with E-state index in [0.717, 1.165) is 5.57 Å². The first-order valence-electron chi connectivity index (χ1n) is 9.40. The van der Waals surface area contributed by atoms with E-state index in [2.05, 4.69) is 0 Å². The molecule has 0 aromatic heterocycles. The van der Waals surface area contributed by atoms with Gasteiger partial charge < -0.3 is 35.0 Å². The van der Waals surface area contributed by atoms with Gasteiger partial charge in [0, 0.05) is 6.42 Å². The number of carbonyl (C=O) groups is 1. The van der Waals surface area contributed by atoms with Crippen molar-refractivity contribution in [3.63, 3.8) is 0 Å². The van der Waals surface area contributed by atoms with Gasteiger partial charge in [-0.1, -0.05) is 13.8 Å². The number of carbonyl (C=O) groups excluding carboxylic acids is 1. The van der Waals surface area contributed by atoms with Gasteiger partial charge >= 0.3 is 0 Å². The number of aliphatic hydroxyl groups is 5. The maximum absolute atomic E-state index is 11.8. The molecule has 2 unspecified atom stereocenters. The van der Waals surface area contributed by atoms with Gasteiger partial charge in [-0.15, -0.1) is 0 Å². The molecule has 0 aromatic carbocycles. The average Bonchev–Trinajstić information content (AvgIpc) is 2.59. The van der Waals surface area contributed by atoms with Crippen LogP contribution in [0.5, 0.6) is 0 Å². The van der Waals surface area contributed by atoms with Crippen molar-refractivity contribution in [1.82, 2.24) is 0 Å². The van der Waals surface area contributed by atoms with Crippen LogP contribution in [0.15, 0.2) is 11.6 Å². The molecule has 8 nitrogen and oxygen atoms in total. The molecule has 7 atom stereocenters. The highest BCUT2D eigenvalue weighted by Gasteiger charge is 2.44. The quantitative estimate of drug-likeness (QED) is 0.394. The van der Waals surface area contributed by atoms with Crippen molar-refractivity contribution in [1.29, 1.82) is 0 Å². The molecule has 2 rings (SSSR count). The van der Waals surface area contributed by atoms with Crippen molar-refractivity contribution in [2.45, 2.75) is 76.8 Å². The Morgan fingerprint density at radius 3 is 2.48 bits per heavy atom. The Hall–Kier alpha value is -0.870. The van der Waals surface area contributed by atoms with Gasteiger partial charge in [-0.05, 0) is 42.7 Å². The minimum absolute atomic E-state index is 0.0194. The third kappa shape index (κ3) is 5.14. The Kier molecular flexibility index (Phi) is 7.54. The van der Waals surface area contributed by atoms with Crippen LogP contribution in [0.1, 0.15) is 40.0 Å². The number of hydrogen-bond acceptors (Lipinski definition) is 8. The summed E-state index contributed by atoms with van der Waals surface area (Å²) in [7, 11) is 0. The standard InChI is InChI=1S/C19H32O8/c1-10(26-18-17(25)16(24)15(23)14(9-21)27-18)4-5-13-11(8-20)6-12(22)7-19(13,2)3/h6,10,13-18,20-21,23-25H,4-5,7-9H2,1-3H3/t10?,13?,14-,15-,16+,17-,18-/m1/s1. The van der Waals surface area contributed by atoms with Crippen LogP contribution in [0, 0.1) is 11.3 Å². The molecule has 8 heteroatoms. The van der Waals surface area contributed by atoms with Crippen LogP contribution in [0.25, 0.3) is 0 Å². The van der Waals surface area contributed by atoms with Gasteiger partial charge in [0.05, 0.1) is 19.3 Å². The van der Waals surface area contributed by atoms with Crippen LogP contribution in [0.3, 0.4) is 0 Å². The van der Waals surface area contributed by atoms with Gasteiger partial charge in [0.25, 0.3) is 0 Å². The summed E-state index contributed by atoms with van der Waals surface area (Å²) in [6.07, 6.45) is -3.64. The fourth-order valence-electron chi connectivity index (χ4n) is 4.04. The van der Waals surface area contributed by atoms with Gasteiger partial charge in [0.15, 0.2) is 12.1 Å². The Labute approximate surface area is 159 Å². The van der Waals surface area contributed by atoms with Crippen LogP contribution < -0.4 is 0 Å². The molecule has 0 amide bonds. The molecule has 0 saturated carbocycles. The first kappa shape index (κ1) is 22.4. The zero-order valence-corrected chi connectivity index (χ0v) is 16.1. The van der Waals surface area contributed by atoms with Gasteiger partial charge in [-0.2, -0.15) is 0 Å².